The molecule has 2 aromatic rings. The maximum absolute atomic E-state index is 12.3. The molecule has 0 radical (unpaired) electrons. The quantitative estimate of drug-likeness (QED) is 0.857. The first kappa shape index (κ1) is 14.9. The number of aromatic nitrogens is 3. The predicted octanol–water partition coefficient (Wildman–Crippen LogP) is 3.41. The van der Waals surface area contributed by atoms with Crippen LogP contribution in [-0.2, 0) is 6.42 Å². The monoisotopic (exact) mass is 354 g/mol. The van der Waals surface area contributed by atoms with Crippen LogP contribution < -0.4 is 5.32 Å². The molecule has 1 amide bonds. The second-order valence-electron chi connectivity index (χ2n) is 4.15. The summed E-state index contributed by atoms with van der Waals surface area (Å²) < 4.78 is 0.622. The number of hydrogen-bond acceptors (Lipinski definition) is 4. The van der Waals surface area contributed by atoms with Gasteiger partial charge in [0.25, 0.3) is 5.91 Å². The van der Waals surface area contributed by atoms with E-state index in [0.717, 1.165) is 0 Å². The summed E-state index contributed by atoms with van der Waals surface area (Å²) in [7, 11) is 0. The molecule has 2 rings (SSSR count). The van der Waals surface area contributed by atoms with Crippen LogP contribution in [-0.4, -0.2) is 21.1 Å². The van der Waals surface area contributed by atoms with E-state index >= 15 is 0 Å². The zero-order chi connectivity index (χ0) is 14.7. The lowest BCUT2D eigenvalue weighted by Crippen LogP contribution is -2.16. The number of rotatable bonds is 3. The molecule has 0 unspecified atom stereocenters. The average Bonchev–Trinajstić information content (AvgIpc) is 2.43. The predicted molar refractivity (Wildman–Crippen MR) is 81.0 cm³/mol. The fraction of sp³-hybridized carbons (Fsp3) is 0.231. The van der Waals surface area contributed by atoms with Crippen molar-refractivity contribution in [3.8, 4) is 0 Å². The van der Waals surface area contributed by atoms with Crippen LogP contribution in [0.5, 0.6) is 0 Å². The van der Waals surface area contributed by atoms with E-state index in [-0.39, 0.29) is 5.91 Å². The molecule has 0 fully saturated rings. The Bertz CT molecular complexity index is 663. The number of amides is 1. The van der Waals surface area contributed by atoms with E-state index in [4.69, 9.17) is 11.6 Å². The first-order valence-corrected chi connectivity index (χ1v) is 7.14. The van der Waals surface area contributed by atoms with Crippen LogP contribution in [0.4, 0.5) is 5.69 Å². The number of aryl methyl sites for hydroxylation is 2. The van der Waals surface area contributed by atoms with Crippen molar-refractivity contribution < 1.29 is 4.79 Å². The van der Waals surface area contributed by atoms with Gasteiger partial charge in [0.05, 0.1) is 33.3 Å². The molecule has 0 saturated heterocycles. The summed E-state index contributed by atoms with van der Waals surface area (Å²) in [6.45, 7) is 3.72. The van der Waals surface area contributed by atoms with Crippen molar-refractivity contribution in [2.24, 2.45) is 0 Å². The van der Waals surface area contributed by atoms with Crippen LogP contribution in [0.15, 0.2) is 22.8 Å². The molecule has 0 aliphatic carbocycles. The normalized spacial score (nSPS) is 10.4. The van der Waals surface area contributed by atoms with Gasteiger partial charge in [-0.1, -0.05) is 18.5 Å². The van der Waals surface area contributed by atoms with E-state index in [2.05, 4.69) is 36.4 Å². The van der Waals surface area contributed by atoms with Gasteiger partial charge in [0.15, 0.2) is 0 Å². The molecule has 20 heavy (non-hydrogen) atoms. The number of hydrogen-bond donors (Lipinski definition) is 1. The van der Waals surface area contributed by atoms with Gasteiger partial charge in [-0.25, -0.2) is 4.98 Å². The van der Waals surface area contributed by atoms with E-state index in [9.17, 15) is 4.79 Å². The lowest BCUT2D eigenvalue weighted by Gasteiger charge is -2.09. The number of pyridine rings is 1. The molecule has 104 valence electrons. The third-order valence-corrected chi connectivity index (χ3v) is 3.76. The second kappa shape index (κ2) is 6.28. The van der Waals surface area contributed by atoms with Crippen molar-refractivity contribution in [2.75, 3.05) is 5.32 Å². The van der Waals surface area contributed by atoms with Crippen LogP contribution in [0.2, 0.25) is 5.15 Å². The number of anilines is 1. The molecule has 7 heteroatoms. The summed E-state index contributed by atoms with van der Waals surface area (Å²) in [5.74, 6) is -0.240. The molecule has 0 saturated carbocycles. The van der Waals surface area contributed by atoms with E-state index in [1.165, 1.54) is 6.20 Å². The summed E-state index contributed by atoms with van der Waals surface area (Å²) >= 11 is 9.08. The molecular weight excluding hydrogens is 344 g/mol. The Kier molecular flexibility index (Phi) is 4.67. The fourth-order valence-electron chi connectivity index (χ4n) is 1.66. The van der Waals surface area contributed by atoms with Crippen LogP contribution in [0.3, 0.4) is 0 Å². The number of carbonyl (C=O) groups is 1. The largest absolute Gasteiger partial charge is 0.320 e. The van der Waals surface area contributed by atoms with Gasteiger partial charge in [-0.05, 0) is 41.4 Å². The lowest BCUT2D eigenvalue weighted by molar-refractivity contribution is 0.102. The van der Waals surface area contributed by atoms with Gasteiger partial charge >= 0.3 is 0 Å². The first-order valence-electron chi connectivity index (χ1n) is 5.97. The smallest absolute Gasteiger partial charge is 0.257 e. The highest BCUT2D eigenvalue weighted by Gasteiger charge is 2.13. The van der Waals surface area contributed by atoms with Gasteiger partial charge < -0.3 is 5.32 Å². The number of nitrogens with zero attached hydrogens (tertiary/aromatic N) is 3. The summed E-state index contributed by atoms with van der Waals surface area (Å²) in [6, 6.07) is 3.42. The molecule has 0 spiro atoms. The van der Waals surface area contributed by atoms with Crippen molar-refractivity contribution in [1.29, 1.82) is 0 Å². The Morgan fingerprint density at radius 1 is 1.40 bits per heavy atom. The van der Waals surface area contributed by atoms with E-state index in [1.807, 2.05) is 6.92 Å². The molecule has 0 aromatic carbocycles. The standard InChI is InChI=1S/C13H12BrClN4O/c1-3-11-9(4-7(2)18-19-11)13(20)17-8-5-10(14)12(15)16-6-8/h4-6H,3H2,1-2H3,(H,17,20). The van der Waals surface area contributed by atoms with Crippen molar-refractivity contribution >= 4 is 39.1 Å². The Morgan fingerprint density at radius 2 is 2.15 bits per heavy atom. The van der Waals surface area contributed by atoms with Gasteiger partial charge in [0, 0.05) is 0 Å². The van der Waals surface area contributed by atoms with Crippen LogP contribution in [0.1, 0.15) is 28.7 Å². The number of carbonyl (C=O) groups excluding carboxylic acids is 1. The van der Waals surface area contributed by atoms with Crippen LogP contribution in [0.25, 0.3) is 0 Å². The van der Waals surface area contributed by atoms with E-state index in [1.54, 1.807) is 19.1 Å². The minimum Gasteiger partial charge on any atom is -0.320 e. The summed E-state index contributed by atoms with van der Waals surface area (Å²) in [6.07, 6.45) is 2.14. The SMILES string of the molecule is CCc1nnc(C)cc1C(=O)Nc1cnc(Cl)c(Br)c1. The Hall–Kier alpha value is -1.53. The van der Waals surface area contributed by atoms with Crippen LogP contribution >= 0.6 is 27.5 Å². The Labute approximate surface area is 129 Å². The first-order chi connectivity index (χ1) is 9.51. The summed E-state index contributed by atoms with van der Waals surface area (Å²) in [4.78, 5) is 16.2. The van der Waals surface area contributed by atoms with E-state index in [0.29, 0.717) is 38.7 Å². The van der Waals surface area contributed by atoms with Crippen molar-refractivity contribution in [3.63, 3.8) is 0 Å². The Balaban J connectivity index is 2.27. The highest BCUT2D eigenvalue weighted by Crippen LogP contribution is 2.23. The zero-order valence-electron chi connectivity index (χ0n) is 10.9. The fourth-order valence-corrected chi connectivity index (χ4v) is 2.11. The molecule has 0 aliphatic rings. The summed E-state index contributed by atoms with van der Waals surface area (Å²) in [5, 5.41) is 11.1. The molecule has 5 nitrogen and oxygen atoms in total. The zero-order valence-corrected chi connectivity index (χ0v) is 13.3. The minimum absolute atomic E-state index is 0.240. The second-order valence-corrected chi connectivity index (χ2v) is 5.36. The maximum Gasteiger partial charge on any atom is 0.257 e. The van der Waals surface area contributed by atoms with Crippen molar-refractivity contribution in [3.05, 3.63) is 44.9 Å². The summed E-state index contributed by atoms with van der Waals surface area (Å²) in [5.41, 5.74) is 2.44. The molecule has 0 bridgehead atoms. The minimum atomic E-state index is -0.240. The molecule has 2 heterocycles. The van der Waals surface area contributed by atoms with Gasteiger partial charge in [0.1, 0.15) is 5.15 Å². The van der Waals surface area contributed by atoms with Crippen molar-refractivity contribution in [1.82, 2.24) is 15.2 Å². The topological polar surface area (TPSA) is 67.8 Å². The average molecular weight is 356 g/mol. The van der Waals surface area contributed by atoms with Gasteiger partial charge in [-0.3, -0.25) is 4.79 Å². The van der Waals surface area contributed by atoms with E-state index < -0.39 is 0 Å². The highest BCUT2D eigenvalue weighted by atomic mass is 79.9. The molecule has 1 N–H and O–H groups in total. The van der Waals surface area contributed by atoms with Gasteiger partial charge in [-0.15, -0.1) is 0 Å². The van der Waals surface area contributed by atoms with Gasteiger partial charge in [-0.2, -0.15) is 10.2 Å². The molecule has 2 aromatic heterocycles. The third-order valence-electron chi connectivity index (χ3n) is 2.63. The molecule has 0 aliphatic heterocycles. The van der Waals surface area contributed by atoms with Gasteiger partial charge in [0.2, 0.25) is 0 Å². The van der Waals surface area contributed by atoms with Crippen LogP contribution in [0, 0.1) is 6.92 Å². The highest BCUT2D eigenvalue weighted by molar-refractivity contribution is 9.10. The molecule has 0 atom stereocenters. The van der Waals surface area contributed by atoms with Crippen molar-refractivity contribution in [2.45, 2.75) is 20.3 Å². The maximum atomic E-state index is 12.3. The molecular formula is C13H12BrClN4O. The Morgan fingerprint density at radius 3 is 2.80 bits per heavy atom. The number of halogens is 2. The number of nitrogens with one attached hydrogen (secondary N) is 1. The lowest BCUT2D eigenvalue weighted by atomic mass is 10.1. The third kappa shape index (κ3) is 3.32.